The topological polar surface area (TPSA) is 37.3 Å². The fourth-order valence-corrected chi connectivity index (χ4v) is 5.42. The number of hydrogen-bond acceptors (Lipinski definition) is 1. The Hall–Kier alpha value is -1.05. The quantitative estimate of drug-likeness (QED) is 0.230. The van der Waals surface area contributed by atoms with Gasteiger partial charge in [0, 0.05) is 6.08 Å². The molecule has 0 aromatic carbocycles. The third-order valence-corrected chi connectivity index (χ3v) is 7.13. The van der Waals surface area contributed by atoms with Gasteiger partial charge in [-0.05, 0) is 62.2 Å². The van der Waals surface area contributed by atoms with E-state index in [0.29, 0.717) is 0 Å². The highest BCUT2D eigenvalue weighted by molar-refractivity contribution is 5.80. The average Bonchev–Trinajstić information content (AvgIpc) is 2.68. The molecule has 1 N–H and O–H groups in total. The molecule has 2 aliphatic carbocycles. The first-order valence-electron chi connectivity index (χ1n) is 11.7. The molecule has 2 nitrogen and oxygen atoms in total. The van der Waals surface area contributed by atoms with Crippen LogP contribution >= 0.6 is 0 Å². The zero-order chi connectivity index (χ0) is 19.3. The van der Waals surface area contributed by atoms with Crippen LogP contribution in [0.25, 0.3) is 0 Å². The van der Waals surface area contributed by atoms with Gasteiger partial charge in [-0.2, -0.15) is 0 Å². The standard InChI is InChI=1S/C25H42O2/c1-2-3-7-10-21-13-17-23(18-14-21)24-19-15-22(16-20-24)11-8-5-4-6-9-12-25(26)27/h4,6,9,12,21-24H,2-3,5,7-8,10-11,13-20H2,1H3,(H,26,27)/b6-4+,12-9+/t21-,22-,23-,24-. The second-order valence-corrected chi connectivity index (χ2v) is 9.11. The van der Waals surface area contributed by atoms with E-state index in [1.807, 2.05) is 6.08 Å². The number of hydrogen-bond donors (Lipinski definition) is 1. The summed E-state index contributed by atoms with van der Waals surface area (Å²) >= 11 is 0. The molecular weight excluding hydrogens is 332 g/mol. The number of carboxylic acids is 1. The van der Waals surface area contributed by atoms with Gasteiger partial charge >= 0.3 is 5.97 Å². The molecule has 2 rings (SSSR count). The lowest BCUT2D eigenvalue weighted by molar-refractivity contribution is -0.131. The number of carboxylic acid groups (broad SMARTS) is 1. The molecule has 2 fully saturated rings. The molecule has 0 spiro atoms. The van der Waals surface area contributed by atoms with Crippen LogP contribution in [0.1, 0.15) is 103 Å². The molecule has 0 unspecified atom stereocenters. The number of aliphatic carboxylic acids is 1. The number of carbonyl (C=O) groups is 1. The van der Waals surface area contributed by atoms with E-state index in [0.717, 1.165) is 30.1 Å². The summed E-state index contributed by atoms with van der Waals surface area (Å²) in [7, 11) is 0. The fraction of sp³-hybridized carbons (Fsp3) is 0.800. The van der Waals surface area contributed by atoms with Crippen LogP contribution in [0.2, 0.25) is 0 Å². The summed E-state index contributed by atoms with van der Waals surface area (Å²) in [6.07, 6.45) is 28.1. The van der Waals surface area contributed by atoms with Crippen molar-refractivity contribution in [2.24, 2.45) is 23.7 Å². The lowest BCUT2D eigenvalue weighted by atomic mass is 9.68. The second-order valence-electron chi connectivity index (χ2n) is 9.11. The highest BCUT2D eigenvalue weighted by Gasteiger charge is 2.30. The first-order valence-corrected chi connectivity index (χ1v) is 11.7. The van der Waals surface area contributed by atoms with Crippen LogP contribution in [0.15, 0.2) is 24.3 Å². The molecule has 2 heteroatoms. The molecule has 2 aliphatic rings. The van der Waals surface area contributed by atoms with Crippen LogP contribution in [-0.2, 0) is 4.79 Å². The highest BCUT2D eigenvalue weighted by Crippen LogP contribution is 2.43. The summed E-state index contributed by atoms with van der Waals surface area (Å²) in [5, 5.41) is 8.54. The highest BCUT2D eigenvalue weighted by atomic mass is 16.4. The van der Waals surface area contributed by atoms with E-state index >= 15 is 0 Å². The Labute approximate surface area is 167 Å². The van der Waals surface area contributed by atoms with Crippen molar-refractivity contribution in [2.45, 2.75) is 103 Å². The van der Waals surface area contributed by atoms with Crippen molar-refractivity contribution in [1.29, 1.82) is 0 Å². The van der Waals surface area contributed by atoms with Crippen LogP contribution in [0.3, 0.4) is 0 Å². The lowest BCUT2D eigenvalue weighted by Gasteiger charge is -2.38. The van der Waals surface area contributed by atoms with Crippen molar-refractivity contribution in [3.8, 4) is 0 Å². The monoisotopic (exact) mass is 374 g/mol. The molecule has 0 aromatic rings. The van der Waals surface area contributed by atoms with Gasteiger partial charge in [-0.25, -0.2) is 4.79 Å². The molecule has 0 amide bonds. The van der Waals surface area contributed by atoms with Crippen molar-refractivity contribution in [2.75, 3.05) is 0 Å². The van der Waals surface area contributed by atoms with Crippen LogP contribution in [0.4, 0.5) is 0 Å². The van der Waals surface area contributed by atoms with Crippen LogP contribution in [-0.4, -0.2) is 11.1 Å². The zero-order valence-corrected chi connectivity index (χ0v) is 17.6. The Morgan fingerprint density at radius 1 is 0.815 bits per heavy atom. The number of allylic oxidation sites excluding steroid dienone is 3. The van der Waals surface area contributed by atoms with Gasteiger partial charge in [0.05, 0.1) is 0 Å². The molecule has 0 saturated heterocycles. The third-order valence-electron chi connectivity index (χ3n) is 7.13. The van der Waals surface area contributed by atoms with E-state index in [1.54, 1.807) is 6.08 Å². The maximum atomic E-state index is 10.4. The smallest absolute Gasteiger partial charge is 0.328 e. The van der Waals surface area contributed by atoms with Gasteiger partial charge < -0.3 is 5.11 Å². The summed E-state index contributed by atoms with van der Waals surface area (Å²) in [4.78, 5) is 10.4. The summed E-state index contributed by atoms with van der Waals surface area (Å²) in [5.74, 6) is 3.18. The van der Waals surface area contributed by atoms with Crippen molar-refractivity contribution in [1.82, 2.24) is 0 Å². The molecule has 0 radical (unpaired) electrons. The van der Waals surface area contributed by atoms with Gasteiger partial charge in [0.15, 0.2) is 0 Å². The molecule has 0 aliphatic heterocycles. The van der Waals surface area contributed by atoms with E-state index in [1.165, 1.54) is 96.0 Å². The Morgan fingerprint density at radius 3 is 1.89 bits per heavy atom. The summed E-state index contributed by atoms with van der Waals surface area (Å²) in [5.41, 5.74) is 0. The van der Waals surface area contributed by atoms with Gasteiger partial charge in [-0.3, -0.25) is 0 Å². The minimum absolute atomic E-state index is 0.874. The molecule has 2 saturated carbocycles. The molecule has 154 valence electrons. The fourth-order valence-electron chi connectivity index (χ4n) is 5.42. The minimum atomic E-state index is -0.874. The average molecular weight is 375 g/mol. The molecule has 0 atom stereocenters. The van der Waals surface area contributed by atoms with E-state index in [4.69, 9.17) is 5.11 Å². The minimum Gasteiger partial charge on any atom is -0.478 e. The van der Waals surface area contributed by atoms with E-state index in [-0.39, 0.29) is 0 Å². The lowest BCUT2D eigenvalue weighted by Crippen LogP contribution is -2.25. The first-order chi connectivity index (χ1) is 13.2. The van der Waals surface area contributed by atoms with Crippen molar-refractivity contribution in [3.63, 3.8) is 0 Å². The molecule has 0 aromatic heterocycles. The largest absolute Gasteiger partial charge is 0.478 e. The van der Waals surface area contributed by atoms with E-state index < -0.39 is 5.97 Å². The third kappa shape index (κ3) is 9.12. The first kappa shape index (κ1) is 22.2. The van der Waals surface area contributed by atoms with Crippen LogP contribution in [0, 0.1) is 23.7 Å². The summed E-state index contributed by atoms with van der Waals surface area (Å²) < 4.78 is 0. The van der Waals surface area contributed by atoms with Crippen LogP contribution < -0.4 is 0 Å². The Balaban J connectivity index is 1.53. The predicted molar refractivity (Wildman–Crippen MR) is 115 cm³/mol. The van der Waals surface area contributed by atoms with E-state index in [2.05, 4.69) is 13.0 Å². The molecule has 27 heavy (non-hydrogen) atoms. The second kappa shape index (κ2) is 13.2. The molecule has 0 bridgehead atoms. The zero-order valence-electron chi connectivity index (χ0n) is 17.6. The normalized spacial score (nSPS) is 29.5. The van der Waals surface area contributed by atoms with Crippen molar-refractivity contribution < 1.29 is 9.90 Å². The van der Waals surface area contributed by atoms with Crippen molar-refractivity contribution >= 4 is 5.97 Å². The molecule has 0 heterocycles. The summed E-state index contributed by atoms with van der Waals surface area (Å²) in [6.45, 7) is 2.31. The SMILES string of the molecule is CCCCC[C@H]1CC[C@H]([C@H]2CC[C@H](CCC/C=C/C=C/C(=O)O)CC2)CC1. The maximum Gasteiger partial charge on any atom is 0.328 e. The maximum absolute atomic E-state index is 10.4. The number of unbranched alkanes of at least 4 members (excludes halogenated alkanes) is 3. The van der Waals surface area contributed by atoms with E-state index in [9.17, 15) is 4.79 Å². The molecular formula is C25H42O2. The van der Waals surface area contributed by atoms with Gasteiger partial charge in [-0.1, -0.05) is 82.9 Å². The van der Waals surface area contributed by atoms with Gasteiger partial charge in [-0.15, -0.1) is 0 Å². The number of rotatable bonds is 11. The van der Waals surface area contributed by atoms with Crippen molar-refractivity contribution in [3.05, 3.63) is 24.3 Å². The van der Waals surface area contributed by atoms with Crippen LogP contribution in [0.5, 0.6) is 0 Å². The van der Waals surface area contributed by atoms with Gasteiger partial charge in [0.2, 0.25) is 0 Å². The van der Waals surface area contributed by atoms with Gasteiger partial charge in [0.1, 0.15) is 0 Å². The summed E-state index contributed by atoms with van der Waals surface area (Å²) in [6, 6.07) is 0. The Morgan fingerprint density at radius 2 is 1.37 bits per heavy atom. The predicted octanol–water partition coefficient (Wildman–Crippen LogP) is 7.55. The van der Waals surface area contributed by atoms with Gasteiger partial charge in [0.25, 0.3) is 0 Å². The Kier molecular flexibility index (Phi) is 10.9. The Bertz CT molecular complexity index is 449.